The molecule has 0 radical (unpaired) electrons. The minimum Gasteiger partial charge on any atom is -0.438 e. The fourth-order valence-electron chi connectivity index (χ4n) is 0.609. The topological polar surface area (TPSA) is 78.9 Å². The second-order valence-electron chi connectivity index (χ2n) is 2.24. The van der Waals surface area contributed by atoms with Gasteiger partial charge in [0, 0.05) is 6.92 Å². The summed E-state index contributed by atoms with van der Waals surface area (Å²) >= 11 is 0. The van der Waals surface area contributed by atoms with E-state index in [9.17, 15) is 14.2 Å². The Kier molecular flexibility index (Phi) is 5.99. The van der Waals surface area contributed by atoms with E-state index in [0.717, 1.165) is 14.0 Å². The number of Topliss-reactive ketones (excluding diaryl/α,β-unsaturated/α-hetero) is 1. The normalized spacial score (nSPS) is 12.9. The Hall–Kier alpha value is -1.00. The molecule has 0 aliphatic rings. The van der Waals surface area contributed by atoms with Gasteiger partial charge in [-0.3, -0.25) is 4.79 Å². The monoisotopic (exact) mass is 223 g/mol. The molecule has 0 aromatic heterocycles. The molecule has 14 heavy (non-hydrogen) atoms. The van der Waals surface area contributed by atoms with Gasteiger partial charge in [-0.15, -0.1) is 4.52 Å². The Morgan fingerprint density at radius 2 is 2.00 bits per heavy atom. The lowest BCUT2D eigenvalue weighted by molar-refractivity contribution is -0.122. The maximum absolute atomic E-state index is 11.2. The van der Waals surface area contributed by atoms with Gasteiger partial charge in [0.2, 0.25) is 5.78 Å². The van der Waals surface area contributed by atoms with Gasteiger partial charge in [0.25, 0.3) is 0 Å². The van der Waals surface area contributed by atoms with Crippen LogP contribution in [0.15, 0.2) is 0 Å². The van der Waals surface area contributed by atoms with Gasteiger partial charge in [-0.1, -0.05) is 0 Å². The van der Waals surface area contributed by atoms with Gasteiger partial charge in [-0.25, -0.2) is 4.79 Å². The van der Waals surface area contributed by atoms with Crippen LogP contribution in [0.3, 0.4) is 0 Å². The summed E-state index contributed by atoms with van der Waals surface area (Å²) in [5.41, 5.74) is 0. The van der Waals surface area contributed by atoms with Crippen LogP contribution in [0.1, 0.15) is 13.8 Å². The molecule has 0 amide bonds. The first-order chi connectivity index (χ1) is 6.52. The molecule has 0 N–H and O–H groups in total. The highest BCUT2D eigenvalue weighted by molar-refractivity contribution is 7.41. The summed E-state index contributed by atoms with van der Waals surface area (Å²) in [7, 11) is -1.25. The van der Waals surface area contributed by atoms with Crippen LogP contribution in [0.2, 0.25) is 0 Å². The zero-order chi connectivity index (χ0) is 11.1. The summed E-state index contributed by atoms with van der Waals surface area (Å²) in [6.45, 7) is 2.94. The molecule has 2 unspecified atom stereocenters. The van der Waals surface area contributed by atoms with Crippen molar-refractivity contribution in [3.8, 4) is 0 Å². The van der Waals surface area contributed by atoms with E-state index in [4.69, 9.17) is 0 Å². The largest absolute Gasteiger partial charge is 0.562 e. The lowest BCUT2D eigenvalue weighted by Gasteiger charge is -2.03. The molecule has 0 aliphatic carbocycles. The molecule has 0 aromatic rings. The van der Waals surface area contributed by atoms with Crippen LogP contribution in [0.25, 0.3) is 0 Å². The van der Waals surface area contributed by atoms with Crippen LogP contribution in [0.4, 0.5) is 4.79 Å². The predicted octanol–water partition coefficient (Wildman–Crippen LogP) is 1.46. The minimum atomic E-state index is -2.34. The second kappa shape index (κ2) is 6.45. The summed E-state index contributed by atoms with van der Waals surface area (Å²) in [6, 6.07) is 0. The average molecular weight is 223 g/mol. The zero-order valence-corrected chi connectivity index (χ0v) is 9.08. The fourth-order valence-corrected chi connectivity index (χ4v) is 1.47. The highest BCUT2D eigenvalue weighted by Crippen LogP contribution is 2.31. The first-order valence-electron chi connectivity index (χ1n) is 3.87. The van der Waals surface area contributed by atoms with E-state index >= 15 is 0 Å². The van der Waals surface area contributed by atoms with Crippen molar-refractivity contribution in [1.29, 1.82) is 0 Å². The third-order valence-electron chi connectivity index (χ3n) is 1.17. The van der Waals surface area contributed by atoms with Gasteiger partial charge in [0.1, 0.15) is 0 Å². The Bertz CT molecular complexity index is 238. The molecule has 0 fully saturated rings. The molecule has 0 aliphatic heterocycles. The molecule has 0 saturated heterocycles. The summed E-state index contributed by atoms with van der Waals surface area (Å²) in [6.07, 6.45) is -1.06. The van der Waals surface area contributed by atoms with Crippen molar-refractivity contribution in [2.24, 2.45) is 0 Å². The van der Waals surface area contributed by atoms with E-state index in [-0.39, 0.29) is 6.61 Å². The molecule has 0 saturated carbocycles. The van der Waals surface area contributed by atoms with Gasteiger partial charge < -0.3 is 9.47 Å². The maximum atomic E-state index is 11.2. The molecule has 80 valence electrons. The predicted molar refractivity (Wildman–Crippen MR) is 47.2 cm³/mol. The molecule has 0 rings (SSSR count). The van der Waals surface area contributed by atoms with Gasteiger partial charge in [0.05, 0.1) is 13.7 Å². The number of methoxy groups -OCH3 is 1. The fraction of sp³-hybridized carbons (Fsp3) is 0.714. The van der Waals surface area contributed by atoms with E-state index in [0.29, 0.717) is 0 Å². The number of ether oxygens (including phenoxy) is 2. The number of rotatable bonds is 5. The van der Waals surface area contributed by atoms with Gasteiger partial charge >= 0.3 is 20.0 Å². The first-order valence-corrected chi connectivity index (χ1v) is 5.11. The van der Waals surface area contributed by atoms with Gasteiger partial charge in [-0.05, 0) is 11.5 Å². The summed E-state index contributed by atoms with van der Waals surface area (Å²) < 4.78 is 24.5. The minimum absolute atomic E-state index is 0.170. The van der Waals surface area contributed by atoms with Crippen LogP contribution in [0, 0.1) is 0 Å². The van der Waals surface area contributed by atoms with E-state index in [2.05, 4.69) is 14.0 Å². The average Bonchev–Trinajstić information content (AvgIpc) is 2.13. The summed E-state index contributed by atoms with van der Waals surface area (Å²) in [5, 5.41) is 0. The van der Waals surface area contributed by atoms with E-state index in [1.165, 1.54) is 0 Å². The van der Waals surface area contributed by atoms with Crippen molar-refractivity contribution in [3.05, 3.63) is 0 Å². The van der Waals surface area contributed by atoms with Crippen LogP contribution in [-0.2, 0) is 23.4 Å². The quantitative estimate of drug-likeness (QED) is 0.518. The van der Waals surface area contributed by atoms with Crippen molar-refractivity contribution in [1.82, 2.24) is 0 Å². The van der Waals surface area contributed by atoms with Crippen molar-refractivity contribution in [2.75, 3.05) is 13.7 Å². The van der Waals surface area contributed by atoms with Crippen molar-refractivity contribution in [2.45, 2.75) is 19.7 Å². The lowest BCUT2D eigenvalue weighted by Crippen LogP contribution is -2.22. The Balaban J connectivity index is 4.36. The van der Waals surface area contributed by atoms with E-state index < -0.39 is 25.8 Å². The maximum Gasteiger partial charge on any atom is 0.562 e. The van der Waals surface area contributed by atoms with Crippen LogP contribution in [-0.4, -0.2) is 31.5 Å². The lowest BCUT2D eigenvalue weighted by atomic mass is 10.5. The first kappa shape index (κ1) is 13.0. The molecule has 7 heteroatoms. The highest BCUT2D eigenvalue weighted by Gasteiger charge is 2.41. The van der Waals surface area contributed by atoms with Crippen molar-refractivity contribution >= 4 is 20.0 Å². The van der Waals surface area contributed by atoms with Crippen molar-refractivity contribution in [3.63, 3.8) is 0 Å². The second-order valence-corrected chi connectivity index (χ2v) is 3.54. The van der Waals surface area contributed by atoms with Gasteiger partial charge in [0.15, 0.2) is 0 Å². The molecule has 0 bridgehead atoms. The standard InChI is InChI=1S/C7H12O6P/c1-4-12-14(10)6(5(2)8)13-7(9)11-3/h6H,4H2,1-3H3/q+1. The third-order valence-corrected chi connectivity index (χ3v) is 2.53. The molecule has 0 heterocycles. The van der Waals surface area contributed by atoms with Crippen LogP contribution >= 0.6 is 8.03 Å². The molecule has 2 atom stereocenters. The Morgan fingerprint density at radius 3 is 2.36 bits per heavy atom. The summed E-state index contributed by atoms with van der Waals surface area (Å²) in [4.78, 5) is 21.6. The highest BCUT2D eigenvalue weighted by atomic mass is 31.1. The number of ketones is 1. The Morgan fingerprint density at radius 1 is 1.43 bits per heavy atom. The van der Waals surface area contributed by atoms with E-state index in [1.807, 2.05) is 0 Å². The number of carbonyl (C=O) groups is 2. The number of hydrogen-bond donors (Lipinski definition) is 0. The number of hydrogen-bond acceptors (Lipinski definition) is 6. The molecule has 6 nitrogen and oxygen atoms in total. The van der Waals surface area contributed by atoms with Crippen molar-refractivity contribution < 1.29 is 28.2 Å². The van der Waals surface area contributed by atoms with E-state index in [1.54, 1.807) is 6.92 Å². The number of carbonyl (C=O) groups excluding carboxylic acids is 2. The smallest absolute Gasteiger partial charge is 0.438 e. The van der Waals surface area contributed by atoms with Crippen LogP contribution < -0.4 is 0 Å². The zero-order valence-electron chi connectivity index (χ0n) is 8.18. The molecular weight excluding hydrogens is 211 g/mol. The van der Waals surface area contributed by atoms with Crippen LogP contribution in [0.5, 0.6) is 0 Å². The van der Waals surface area contributed by atoms with Gasteiger partial charge in [-0.2, -0.15) is 0 Å². The molecular formula is C7H12O6P+. The Labute approximate surface area is 82.4 Å². The summed E-state index contributed by atoms with van der Waals surface area (Å²) in [5.74, 6) is -1.94. The molecule has 0 spiro atoms. The molecule has 0 aromatic carbocycles. The SMILES string of the molecule is CCO[P+](=O)C(OC(=O)OC)C(C)=O. The third kappa shape index (κ3) is 4.30.